The van der Waals surface area contributed by atoms with Gasteiger partial charge in [-0.1, -0.05) is 25.1 Å². The van der Waals surface area contributed by atoms with E-state index >= 15 is 0 Å². The van der Waals surface area contributed by atoms with Crippen LogP contribution in [0, 0.1) is 5.41 Å². The molecular formula is C17H19FN2O. The lowest BCUT2D eigenvalue weighted by molar-refractivity contribution is -0.126. The summed E-state index contributed by atoms with van der Waals surface area (Å²) in [6.45, 7) is 2.93. The number of rotatable bonds is 3. The maximum Gasteiger partial charge on any atom is 0.228 e. The first-order valence-corrected chi connectivity index (χ1v) is 7.24. The fraction of sp³-hybridized carbons (Fsp3) is 0.353. The van der Waals surface area contributed by atoms with E-state index in [0.717, 1.165) is 24.2 Å². The largest absolute Gasteiger partial charge is 0.384 e. The van der Waals surface area contributed by atoms with Gasteiger partial charge in [-0.3, -0.25) is 4.79 Å². The zero-order chi connectivity index (χ0) is 15.0. The number of halogens is 1. The molecule has 21 heavy (non-hydrogen) atoms. The van der Waals surface area contributed by atoms with Crippen LogP contribution in [0.1, 0.15) is 30.4 Å². The molecule has 4 heteroatoms. The van der Waals surface area contributed by atoms with E-state index in [1.165, 1.54) is 17.7 Å². The van der Waals surface area contributed by atoms with Crippen LogP contribution in [-0.2, 0) is 11.2 Å². The lowest BCUT2D eigenvalue weighted by atomic mass is 9.68. The Bertz CT molecular complexity index is 650. The number of hydrogen-bond donors (Lipinski definition) is 2. The molecule has 110 valence electrons. The van der Waals surface area contributed by atoms with Crippen molar-refractivity contribution in [2.75, 3.05) is 11.9 Å². The van der Waals surface area contributed by atoms with E-state index in [2.05, 4.69) is 11.4 Å². The molecule has 3 nitrogen and oxygen atoms in total. The Hall–Kier alpha value is -2.10. The molecule has 1 heterocycles. The van der Waals surface area contributed by atoms with Gasteiger partial charge in [-0.25, -0.2) is 4.39 Å². The molecule has 1 aliphatic heterocycles. The first-order chi connectivity index (χ1) is 10.0. The molecule has 2 aliphatic rings. The summed E-state index contributed by atoms with van der Waals surface area (Å²) in [5, 5.41) is 3.32. The average molecular weight is 286 g/mol. The van der Waals surface area contributed by atoms with Crippen molar-refractivity contribution in [1.29, 1.82) is 0 Å². The van der Waals surface area contributed by atoms with Gasteiger partial charge in [0.15, 0.2) is 0 Å². The van der Waals surface area contributed by atoms with Crippen LogP contribution in [0.15, 0.2) is 42.3 Å². The molecule has 1 amide bonds. The summed E-state index contributed by atoms with van der Waals surface area (Å²) in [4.78, 5) is 12.0. The topological polar surface area (TPSA) is 55.1 Å². The first-order valence-electron chi connectivity index (χ1n) is 7.24. The summed E-state index contributed by atoms with van der Waals surface area (Å²) in [5.74, 6) is -0.813. The smallest absolute Gasteiger partial charge is 0.228 e. The molecule has 2 unspecified atom stereocenters. The summed E-state index contributed by atoms with van der Waals surface area (Å²) in [7, 11) is 0. The van der Waals surface area contributed by atoms with Crippen LogP contribution < -0.4 is 11.1 Å². The van der Waals surface area contributed by atoms with Gasteiger partial charge in [0.25, 0.3) is 0 Å². The highest BCUT2D eigenvalue weighted by atomic mass is 19.1. The van der Waals surface area contributed by atoms with Crippen LogP contribution in [0.2, 0.25) is 0 Å². The van der Waals surface area contributed by atoms with Crippen LogP contribution in [0.3, 0.4) is 0 Å². The molecule has 0 fully saturated rings. The van der Waals surface area contributed by atoms with E-state index in [1.54, 1.807) is 6.08 Å². The summed E-state index contributed by atoms with van der Waals surface area (Å²) >= 11 is 0. The number of allylic oxidation sites excluding steroid dienone is 3. The van der Waals surface area contributed by atoms with Crippen molar-refractivity contribution < 1.29 is 9.18 Å². The molecule has 3 rings (SSSR count). The van der Waals surface area contributed by atoms with Crippen molar-refractivity contribution in [1.82, 2.24) is 0 Å². The minimum Gasteiger partial charge on any atom is -0.384 e. The van der Waals surface area contributed by atoms with Crippen LogP contribution in [0.4, 0.5) is 10.1 Å². The highest BCUT2D eigenvalue weighted by Gasteiger charge is 2.41. The zero-order valence-electron chi connectivity index (χ0n) is 12.0. The number of fused-ring (bicyclic) bond motifs is 1. The molecule has 0 radical (unpaired) electrons. The Morgan fingerprint density at radius 1 is 1.48 bits per heavy atom. The Balaban J connectivity index is 1.97. The van der Waals surface area contributed by atoms with Gasteiger partial charge in [-0.05, 0) is 48.1 Å². The Labute approximate surface area is 123 Å². The van der Waals surface area contributed by atoms with E-state index in [-0.39, 0.29) is 11.7 Å². The highest BCUT2D eigenvalue weighted by Crippen LogP contribution is 2.44. The maximum absolute atomic E-state index is 13.3. The average Bonchev–Trinajstić information content (AvgIpc) is 2.94. The number of anilines is 1. The van der Waals surface area contributed by atoms with Crippen LogP contribution in [0.5, 0.6) is 0 Å². The van der Waals surface area contributed by atoms with Gasteiger partial charge in [-0.2, -0.15) is 0 Å². The number of amides is 1. The van der Waals surface area contributed by atoms with Gasteiger partial charge in [-0.15, -0.1) is 0 Å². The van der Waals surface area contributed by atoms with Crippen molar-refractivity contribution in [2.45, 2.75) is 25.7 Å². The number of carbonyl (C=O) groups is 1. The monoisotopic (exact) mass is 286 g/mol. The number of nitrogens with two attached hydrogens (primary N) is 1. The third kappa shape index (κ3) is 2.24. The molecule has 0 saturated heterocycles. The quantitative estimate of drug-likeness (QED) is 0.897. The number of nitrogens with one attached hydrogen (secondary N) is 1. The Kier molecular flexibility index (Phi) is 3.32. The predicted molar refractivity (Wildman–Crippen MR) is 81.6 cm³/mol. The fourth-order valence-electron chi connectivity index (χ4n) is 3.24. The fourth-order valence-corrected chi connectivity index (χ4v) is 3.24. The predicted octanol–water partition coefficient (Wildman–Crippen LogP) is 3.04. The summed E-state index contributed by atoms with van der Waals surface area (Å²) in [6.07, 6.45) is 5.71. The van der Waals surface area contributed by atoms with Gasteiger partial charge in [0.1, 0.15) is 5.83 Å². The molecule has 0 saturated carbocycles. The van der Waals surface area contributed by atoms with Crippen molar-refractivity contribution in [3.05, 3.63) is 53.4 Å². The molecule has 2 atom stereocenters. The SMILES string of the molecule is CC(c1ccc2c(c1)CCN2)C1(C(N)=O)C=CC(F)=CC1. The number of primary amides is 1. The molecular weight excluding hydrogens is 267 g/mol. The standard InChI is InChI=1S/C17H19FN2O/c1-11(12-2-3-15-13(10-12)6-9-20-15)17(16(19)21)7-4-14(18)5-8-17/h2-5,7,10-11,20H,6,8-9H2,1H3,(H2,19,21). The first kappa shape index (κ1) is 13.9. The maximum atomic E-state index is 13.3. The molecule has 0 bridgehead atoms. The minimum atomic E-state index is -0.851. The molecule has 0 spiro atoms. The lowest BCUT2D eigenvalue weighted by Crippen LogP contribution is -2.40. The molecule has 1 aromatic carbocycles. The minimum absolute atomic E-state index is 0.0958. The molecule has 3 N–H and O–H groups in total. The van der Waals surface area contributed by atoms with Gasteiger partial charge in [0.2, 0.25) is 5.91 Å². The Morgan fingerprint density at radius 3 is 2.95 bits per heavy atom. The van der Waals surface area contributed by atoms with Gasteiger partial charge in [0.05, 0.1) is 5.41 Å². The van der Waals surface area contributed by atoms with E-state index in [4.69, 9.17) is 5.73 Å². The van der Waals surface area contributed by atoms with E-state index in [0.29, 0.717) is 6.42 Å². The number of carbonyl (C=O) groups excluding carboxylic acids is 1. The number of hydrogen-bond acceptors (Lipinski definition) is 2. The van der Waals surface area contributed by atoms with Gasteiger partial charge < -0.3 is 11.1 Å². The second kappa shape index (κ2) is 5.02. The van der Waals surface area contributed by atoms with Crippen molar-refractivity contribution in [2.24, 2.45) is 11.1 Å². The zero-order valence-corrected chi connectivity index (χ0v) is 12.0. The molecule has 1 aromatic rings. The van der Waals surface area contributed by atoms with E-state index in [9.17, 15) is 9.18 Å². The normalized spacial score (nSPS) is 25.0. The summed E-state index contributed by atoms with van der Waals surface area (Å²) in [6, 6.07) is 6.20. The second-order valence-corrected chi connectivity index (χ2v) is 5.85. The summed E-state index contributed by atoms with van der Waals surface area (Å²) in [5.41, 5.74) is 8.28. The van der Waals surface area contributed by atoms with Gasteiger partial charge in [0, 0.05) is 12.2 Å². The number of benzene rings is 1. The van der Waals surface area contributed by atoms with Crippen molar-refractivity contribution in [3.63, 3.8) is 0 Å². The summed E-state index contributed by atoms with van der Waals surface area (Å²) < 4.78 is 13.3. The Morgan fingerprint density at radius 2 is 2.29 bits per heavy atom. The highest BCUT2D eigenvalue weighted by molar-refractivity contribution is 5.85. The van der Waals surface area contributed by atoms with Crippen LogP contribution in [-0.4, -0.2) is 12.5 Å². The third-order valence-electron chi connectivity index (χ3n) is 4.75. The second-order valence-electron chi connectivity index (χ2n) is 5.85. The van der Waals surface area contributed by atoms with Gasteiger partial charge >= 0.3 is 0 Å². The van der Waals surface area contributed by atoms with Crippen LogP contribution in [0.25, 0.3) is 0 Å². The molecule has 0 aromatic heterocycles. The third-order valence-corrected chi connectivity index (χ3v) is 4.75. The van der Waals surface area contributed by atoms with E-state index < -0.39 is 11.3 Å². The lowest BCUT2D eigenvalue weighted by Gasteiger charge is -2.34. The van der Waals surface area contributed by atoms with Crippen molar-refractivity contribution >= 4 is 11.6 Å². The van der Waals surface area contributed by atoms with Crippen LogP contribution >= 0.6 is 0 Å². The van der Waals surface area contributed by atoms with E-state index in [1.807, 2.05) is 19.1 Å². The van der Waals surface area contributed by atoms with Crippen molar-refractivity contribution in [3.8, 4) is 0 Å². The molecule has 1 aliphatic carbocycles.